The van der Waals surface area contributed by atoms with Crippen LogP contribution in [0.2, 0.25) is 0 Å². The van der Waals surface area contributed by atoms with Gasteiger partial charge in [-0.05, 0) is 0 Å². The highest BCUT2D eigenvalue weighted by Crippen LogP contribution is 2.32. The van der Waals surface area contributed by atoms with Crippen molar-refractivity contribution >= 4 is 0 Å². The molecule has 6 nitrogen and oxygen atoms in total. The molecule has 0 bridgehead atoms. The molecule has 2 rings (SSSR count). The van der Waals surface area contributed by atoms with Crippen molar-refractivity contribution in [3.05, 3.63) is 21.6 Å². The molecule has 2 unspecified atom stereocenters. The van der Waals surface area contributed by atoms with Crippen LogP contribution in [0.3, 0.4) is 0 Å². The topological polar surface area (TPSA) is 67.6 Å². The average molecular weight is 213 g/mol. The first-order valence-electron chi connectivity index (χ1n) is 5.07. The molecule has 0 spiro atoms. The van der Waals surface area contributed by atoms with Crippen molar-refractivity contribution in [3.8, 4) is 0 Å². The van der Waals surface area contributed by atoms with Crippen molar-refractivity contribution in [2.45, 2.75) is 19.6 Å². The van der Waals surface area contributed by atoms with Crippen molar-refractivity contribution in [1.29, 1.82) is 0 Å². The van der Waals surface area contributed by atoms with Crippen LogP contribution in [0.25, 0.3) is 0 Å². The van der Waals surface area contributed by atoms with E-state index in [4.69, 9.17) is 4.74 Å². The van der Waals surface area contributed by atoms with Gasteiger partial charge in [-0.15, -0.1) is 0 Å². The highest BCUT2D eigenvalue weighted by molar-refractivity contribution is 5.15. The fourth-order valence-electron chi connectivity index (χ4n) is 2.30. The SMILES string of the molecule is COC1CC(C)C([N+](=O)[O-])=C2NCCN21. The first kappa shape index (κ1) is 10.2. The van der Waals surface area contributed by atoms with Crippen LogP contribution in [0.4, 0.5) is 0 Å². The van der Waals surface area contributed by atoms with E-state index >= 15 is 0 Å². The summed E-state index contributed by atoms with van der Waals surface area (Å²) in [6.45, 7) is 3.39. The van der Waals surface area contributed by atoms with E-state index < -0.39 is 0 Å². The molecule has 6 heteroatoms. The summed E-state index contributed by atoms with van der Waals surface area (Å²) < 4.78 is 5.33. The predicted molar refractivity (Wildman–Crippen MR) is 53.3 cm³/mol. The minimum atomic E-state index is -0.281. The number of rotatable bonds is 2. The van der Waals surface area contributed by atoms with Gasteiger partial charge in [-0.3, -0.25) is 10.1 Å². The first-order chi connectivity index (χ1) is 7.15. The van der Waals surface area contributed by atoms with Crippen LogP contribution < -0.4 is 5.32 Å². The molecule has 2 aliphatic heterocycles. The zero-order valence-electron chi connectivity index (χ0n) is 8.90. The summed E-state index contributed by atoms with van der Waals surface area (Å²) in [4.78, 5) is 12.6. The third-order valence-corrected chi connectivity index (χ3v) is 3.01. The molecule has 1 N–H and O–H groups in total. The smallest absolute Gasteiger partial charge is 0.288 e. The Labute approximate surface area is 88.0 Å². The quantitative estimate of drug-likeness (QED) is 0.529. The van der Waals surface area contributed by atoms with E-state index in [0.29, 0.717) is 17.9 Å². The number of nitrogens with zero attached hydrogens (tertiary/aromatic N) is 2. The monoisotopic (exact) mass is 213 g/mol. The Kier molecular flexibility index (Phi) is 2.52. The van der Waals surface area contributed by atoms with Gasteiger partial charge in [0.25, 0.3) is 5.70 Å². The number of ether oxygens (including phenoxy) is 1. The number of nitro groups is 1. The van der Waals surface area contributed by atoms with Gasteiger partial charge >= 0.3 is 0 Å². The summed E-state index contributed by atoms with van der Waals surface area (Å²) in [7, 11) is 1.64. The van der Waals surface area contributed by atoms with Crippen molar-refractivity contribution in [2.24, 2.45) is 5.92 Å². The van der Waals surface area contributed by atoms with Gasteiger partial charge in [0.2, 0.25) is 0 Å². The number of hydrogen-bond acceptors (Lipinski definition) is 5. The molecule has 2 atom stereocenters. The van der Waals surface area contributed by atoms with Crippen molar-refractivity contribution in [3.63, 3.8) is 0 Å². The van der Waals surface area contributed by atoms with Gasteiger partial charge in [-0.25, -0.2) is 0 Å². The molecule has 0 aromatic rings. The molecule has 0 aliphatic carbocycles. The normalized spacial score (nSPS) is 30.1. The average Bonchev–Trinajstić information content (AvgIpc) is 2.63. The lowest BCUT2D eigenvalue weighted by atomic mass is 9.98. The third kappa shape index (κ3) is 1.54. The van der Waals surface area contributed by atoms with E-state index in [9.17, 15) is 10.1 Å². The zero-order chi connectivity index (χ0) is 11.0. The first-order valence-corrected chi connectivity index (χ1v) is 5.07. The van der Waals surface area contributed by atoms with Crippen LogP contribution in [-0.2, 0) is 4.74 Å². The van der Waals surface area contributed by atoms with Crippen molar-refractivity contribution in [2.75, 3.05) is 20.2 Å². The largest absolute Gasteiger partial charge is 0.364 e. The van der Waals surface area contributed by atoms with E-state index in [-0.39, 0.29) is 17.1 Å². The molecular formula is C9H15N3O3. The molecule has 2 aliphatic rings. The lowest BCUT2D eigenvalue weighted by Gasteiger charge is -2.34. The molecule has 0 aromatic carbocycles. The maximum Gasteiger partial charge on any atom is 0.288 e. The van der Waals surface area contributed by atoms with Gasteiger partial charge in [-0.2, -0.15) is 0 Å². The summed E-state index contributed by atoms with van der Waals surface area (Å²) in [6, 6.07) is 0. The van der Waals surface area contributed by atoms with Gasteiger partial charge in [0.1, 0.15) is 6.23 Å². The van der Waals surface area contributed by atoms with E-state index in [1.807, 2.05) is 11.8 Å². The second kappa shape index (κ2) is 3.69. The summed E-state index contributed by atoms with van der Waals surface area (Å²) in [6.07, 6.45) is 0.645. The Morgan fingerprint density at radius 1 is 1.67 bits per heavy atom. The summed E-state index contributed by atoms with van der Waals surface area (Å²) in [5.41, 5.74) is 0.292. The van der Waals surface area contributed by atoms with Crippen LogP contribution >= 0.6 is 0 Å². The number of hydrogen-bond donors (Lipinski definition) is 1. The number of fused-ring (bicyclic) bond motifs is 1. The zero-order valence-corrected chi connectivity index (χ0v) is 8.90. The van der Waals surface area contributed by atoms with Crippen LogP contribution in [0.15, 0.2) is 11.5 Å². The molecule has 84 valence electrons. The van der Waals surface area contributed by atoms with Crippen molar-refractivity contribution in [1.82, 2.24) is 10.2 Å². The third-order valence-electron chi connectivity index (χ3n) is 3.01. The number of nitrogens with one attached hydrogen (secondary N) is 1. The summed E-state index contributed by atoms with van der Waals surface area (Å²) in [5, 5.41) is 14.0. The van der Waals surface area contributed by atoms with E-state index in [1.165, 1.54) is 0 Å². The van der Waals surface area contributed by atoms with Crippen LogP contribution in [0.1, 0.15) is 13.3 Å². The number of allylic oxidation sites excluding steroid dienone is 1. The Bertz CT molecular complexity index is 316. The fraction of sp³-hybridized carbons (Fsp3) is 0.778. The van der Waals surface area contributed by atoms with Crippen LogP contribution in [0, 0.1) is 16.0 Å². The summed E-state index contributed by atoms with van der Waals surface area (Å²) >= 11 is 0. The van der Waals surface area contributed by atoms with E-state index in [0.717, 1.165) is 13.1 Å². The van der Waals surface area contributed by atoms with Crippen LogP contribution in [-0.4, -0.2) is 36.3 Å². The highest BCUT2D eigenvalue weighted by Gasteiger charge is 2.41. The van der Waals surface area contributed by atoms with Crippen molar-refractivity contribution < 1.29 is 9.66 Å². The maximum absolute atomic E-state index is 10.9. The number of methoxy groups -OCH3 is 1. The van der Waals surface area contributed by atoms with E-state index in [2.05, 4.69) is 5.32 Å². The second-order valence-corrected chi connectivity index (χ2v) is 3.94. The van der Waals surface area contributed by atoms with Gasteiger partial charge < -0.3 is 15.0 Å². The lowest BCUT2D eigenvalue weighted by molar-refractivity contribution is -0.438. The molecule has 1 fully saturated rings. The maximum atomic E-state index is 10.9. The van der Waals surface area contributed by atoms with Gasteiger partial charge in [0, 0.05) is 26.6 Å². The molecule has 15 heavy (non-hydrogen) atoms. The Morgan fingerprint density at radius 2 is 2.40 bits per heavy atom. The Hall–Kier alpha value is -1.30. The minimum absolute atomic E-state index is 0.0336. The Balaban J connectivity index is 2.38. The van der Waals surface area contributed by atoms with Gasteiger partial charge in [-0.1, -0.05) is 6.92 Å². The fourth-order valence-corrected chi connectivity index (χ4v) is 2.30. The molecular weight excluding hydrogens is 198 g/mol. The highest BCUT2D eigenvalue weighted by atomic mass is 16.6. The Morgan fingerprint density at radius 3 is 3.00 bits per heavy atom. The van der Waals surface area contributed by atoms with Gasteiger partial charge in [0.05, 0.1) is 10.8 Å². The molecule has 0 amide bonds. The molecule has 0 saturated carbocycles. The second-order valence-electron chi connectivity index (χ2n) is 3.94. The minimum Gasteiger partial charge on any atom is -0.364 e. The lowest BCUT2D eigenvalue weighted by Crippen LogP contribution is -2.42. The standard InChI is InChI=1S/C9H15N3O3/c1-6-5-7(15-2)11-4-3-10-9(11)8(6)12(13)14/h6-7,10H,3-5H2,1-2H3. The summed E-state index contributed by atoms with van der Waals surface area (Å²) in [5.74, 6) is 0.576. The predicted octanol–water partition coefficient (Wildman–Crippen LogP) is 0.350. The van der Waals surface area contributed by atoms with Gasteiger partial charge in [0.15, 0.2) is 5.82 Å². The molecule has 0 aromatic heterocycles. The van der Waals surface area contributed by atoms with Crippen LogP contribution in [0.5, 0.6) is 0 Å². The molecule has 0 radical (unpaired) electrons. The molecule has 2 heterocycles. The molecule has 1 saturated heterocycles. The van der Waals surface area contributed by atoms with E-state index in [1.54, 1.807) is 7.11 Å².